The van der Waals surface area contributed by atoms with E-state index in [0.29, 0.717) is 18.5 Å². The van der Waals surface area contributed by atoms with Crippen molar-refractivity contribution in [3.8, 4) is 11.5 Å². The largest absolute Gasteiger partial charge is 0.504 e. The number of unbranched alkanes of at least 4 members (excludes halogenated alkanes) is 1. The Morgan fingerprint density at radius 1 is 1.04 bits per heavy atom. The maximum absolute atomic E-state index is 12.0. The van der Waals surface area contributed by atoms with E-state index in [1.807, 2.05) is 38.1 Å². The van der Waals surface area contributed by atoms with Crippen LogP contribution in [0.25, 0.3) is 0 Å². The average Bonchev–Trinajstić information content (AvgIpc) is 2.67. The van der Waals surface area contributed by atoms with E-state index >= 15 is 0 Å². The average molecular weight is 386 g/mol. The van der Waals surface area contributed by atoms with Crippen LogP contribution in [-0.4, -0.2) is 33.8 Å². The third-order valence-corrected chi connectivity index (χ3v) is 4.67. The number of aliphatic hydroxyl groups excluding tert-OH is 1. The van der Waals surface area contributed by atoms with Crippen molar-refractivity contribution in [3.63, 3.8) is 0 Å². The molecular weight excluding hydrogens is 356 g/mol. The third-order valence-electron chi connectivity index (χ3n) is 4.67. The number of rotatable bonds is 10. The van der Waals surface area contributed by atoms with E-state index in [0.717, 1.165) is 30.5 Å². The van der Waals surface area contributed by atoms with Crippen molar-refractivity contribution in [2.24, 2.45) is 0 Å². The minimum atomic E-state index is -0.769. The highest BCUT2D eigenvalue weighted by atomic mass is 16.3. The molecule has 28 heavy (non-hydrogen) atoms. The van der Waals surface area contributed by atoms with E-state index in [-0.39, 0.29) is 23.4 Å². The Morgan fingerprint density at radius 2 is 1.75 bits per heavy atom. The zero-order chi connectivity index (χ0) is 20.5. The standard InChI is InChI=1S/C22H30N2O4/c1-15-7-10-18(11-8-15)24-22(28)6-4-3-5-16(2)23-14-21(27)17-9-12-19(25)20(26)13-17/h7-13,16,21,23,25-27H,3-6,14H2,1-2H3,(H,24,28)/t16-,21+/m0/s1. The molecule has 6 heteroatoms. The Hall–Kier alpha value is -2.57. The number of aliphatic hydroxyl groups is 1. The smallest absolute Gasteiger partial charge is 0.224 e. The van der Waals surface area contributed by atoms with Gasteiger partial charge in [0.1, 0.15) is 0 Å². The lowest BCUT2D eigenvalue weighted by Crippen LogP contribution is -2.30. The number of phenols is 2. The zero-order valence-electron chi connectivity index (χ0n) is 16.5. The molecule has 0 aromatic heterocycles. The fourth-order valence-electron chi connectivity index (χ4n) is 2.88. The normalized spacial score (nSPS) is 13.1. The van der Waals surface area contributed by atoms with E-state index in [9.17, 15) is 20.1 Å². The SMILES string of the molecule is Cc1ccc(NC(=O)CCCC[C@H](C)NC[C@@H](O)c2ccc(O)c(O)c2)cc1. The van der Waals surface area contributed by atoms with Gasteiger partial charge in [0, 0.05) is 24.7 Å². The molecule has 5 N–H and O–H groups in total. The number of hydrogen-bond acceptors (Lipinski definition) is 5. The molecule has 0 radical (unpaired) electrons. The van der Waals surface area contributed by atoms with Gasteiger partial charge in [-0.1, -0.05) is 30.2 Å². The zero-order valence-corrected chi connectivity index (χ0v) is 16.5. The van der Waals surface area contributed by atoms with Crippen LogP contribution in [0.5, 0.6) is 11.5 Å². The molecule has 0 spiro atoms. The van der Waals surface area contributed by atoms with Crippen LogP contribution in [0.2, 0.25) is 0 Å². The summed E-state index contributed by atoms with van der Waals surface area (Å²) in [5.74, 6) is -0.427. The van der Waals surface area contributed by atoms with Crippen LogP contribution in [-0.2, 0) is 4.79 Å². The summed E-state index contributed by atoms with van der Waals surface area (Å²) < 4.78 is 0. The molecule has 2 atom stereocenters. The van der Waals surface area contributed by atoms with Crippen molar-refractivity contribution in [1.29, 1.82) is 0 Å². The van der Waals surface area contributed by atoms with Crippen LogP contribution < -0.4 is 10.6 Å². The Morgan fingerprint density at radius 3 is 2.43 bits per heavy atom. The molecule has 2 aromatic carbocycles. The van der Waals surface area contributed by atoms with Gasteiger partial charge in [-0.05, 0) is 56.5 Å². The Kier molecular flexibility index (Phi) is 8.29. The van der Waals surface area contributed by atoms with Crippen molar-refractivity contribution in [3.05, 3.63) is 53.6 Å². The molecule has 0 saturated heterocycles. The highest BCUT2D eigenvalue weighted by Gasteiger charge is 2.12. The highest BCUT2D eigenvalue weighted by molar-refractivity contribution is 5.90. The molecule has 6 nitrogen and oxygen atoms in total. The van der Waals surface area contributed by atoms with Crippen LogP contribution in [0.4, 0.5) is 5.69 Å². The quantitative estimate of drug-likeness (QED) is 0.317. The lowest BCUT2D eigenvalue weighted by molar-refractivity contribution is -0.116. The van der Waals surface area contributed by atoms with Gasteiger partial charge in [0.2, 0.25) is 5.91 Å². The molecule has 0 aliphatic rings. The second-order valence-corrected chi connectivity index (χ2v) is 7.23. The summed E-state index contributed by atoms with van der Waals surface area (Å²) >= 11 is 0. The number of anilines is 1. The first kappa shape index (κ1) is 21.7. The molecule has 2 aromatic rings. The third kappa shape index (κ3) is 7.21. The molecule has 0 aliphatic carbocycles. The highest BCUT2D eigenvalue weighted by Crippen LogP contribution is 2.27. The van der Waals surface area contributed by atoms with Crippen LogP contribution >= 0.6 is 0 Å². The Bertz CT molecular complexity index is 762. The first-order valence-electron chi connectivity index (χ1n) is 9.65. The number of aryl methyl sites for hydroxylation is 1. The van der Waals surface area contributed by atoms with E-state index in [1.54, 1.807) is 6.07 Å². The first-order chi connectivity index (χ1) is 13.3. The van der Waals surface area contributed by atoms with Gasteiger partial charge in [-0.3, -0.25) is 4.79 Å². The fraction of sp³-hybridized carbons (Fsp3) is 0.409. The Labute approximate surface area is 166 Å². The summed E-state index contributed by atoms with van der Waals surface area (Å²) in [6, 6.07) is 12.2. The van der Waals surface area contributed by atoms with E-state index in [2.05, 4.69) is 10.6 Å². The summed E-state index contributed by atoms with van der Waals surface area (Å²) in [7, 11) is 0. The molecule has 1 amide bonds. The van der Waals surface area contributed by atoms with E-state index in [1.165, 1.54) is 12.1 Å². The predicted molar refractivity (Wildman–Crippen MR) is 110 cm³/mol. The molecule has 0 heterocycles. The molecular formula is C22H30N2O4. The minimum Gasteiger partial charge on any atom is -0.504 e. The van der Waals surface area contributed by atoms with Gasteiger partial charge in [-0.2, -0.15) is 0 Å². The number of carbonyl (C=O) groups is 1. The van der Waals surface area contributed by atoms with Gasteiger partial charge in [-0.25, -0.2) is 0 Å². The van der Waals surface area contributed by atoms with E-state index in [4.69, 9.17) is 0 Å². The first-order valence-corrected chi connectivity index (χ1v) is 9.65. The van der Waals surface area contributed by atoms with Gasteiger partial charge < -0.3 is 26.0 Å². The molecule has 0 saturated carbocycles. The summed E-state index contributed by atoms with van der Waals surface area (Å²) in [4.78, 5) is 12.0. The van der Waals surface area contributed by atoms with Gasteiger partial charge in [0.15, 0.2) is 11.5 Å². The Balaban J connectivity index is 1.61. The number of phenolic OH excluding ortho intramolecular Hbond substituents is 2. The molecule has 0 bridgehead atoms. The number of hydrogen-bond donors (Lipinski definition) is 5. The molecule has 0 fully saturated rings. The van der Waals surface area contributed by atoms with Crippen LogP contribution in [0.15, 0.2) is 42.5 Å². The maximum atomic E-state index is 12.0. The predicted octanol–water partition coefficient (Wildman–Crippen LogP) is 3.62. The molecule has 2 rings (SSSR count). The summed E-state index contributed by atoms with van der Waals surface area (Å²) in [5.41, 5.74) is 2.52. The number of aromatic hydroxyl groups is 2. The molecule has 152 valence electrons. The van der Waals surface area contributed by atoms with Crippen molar-refractivity contribution in [1.82, 2.24) is 5.32 Å². The molecule has 0 unspecified atom stereocenters. The topological polar surface area (TPSA) is 102 Å². The van der Waals surface area contributed by atoms with Crippen LogP contribution in [0, 0.1) is 6.92 Å². The minimum absolute atomic E-state index is 0.0204. The van der Waals surface area contributed by atoms with Gasteiger partial charge in [0.05, 0.1) is 6.10 Å². The number of amides is 1. The molecule has 0 aliphatic heterocycles. The lowest BCUT2D eigenvalue weighted by Gasteiger charge is -2.17. The number of benzene rings is 2. The number of carbonyl (C=O) groups excluding carboxylic acids is 1. The summed E-state index contributed by atoms with van der Waals surface area (Å²) in [6.07, 6.45) is 2.32. The van der Waals surface area contributed by atoms with Crippen molar-refractivity contribution < 1.29 is 20.1 Å². The van der Waals surface area contributed by atoms with E-state index < -0.39 is 6.10 Å². The lowest BCUT2D eigenvalue weighted by atomic mass is 10.1. The van der Waals surface area contributed by atoms with Gasteiger partial charge >= 0.3 is 0 Å². The maximum Gasteiger partial charge on any atom is 0.224 e. The van der Waals surface area contributed by atoms with Crippen LogP contribution in [0.3, 0.4) is 0 Å². The van der Waals surface area contributed by atoms with Crippen molar-refractivity contribution >= 4 is 11.6 Å². The summed E-state index contributed by atoms with van der Waals surface area (Å²) in [5, 5.41) is 35.2. The van der Waals surface area contributed by atoms with Crippen molar-refractivity contribution in [2.45, 2.75) is 51.7 Å². The number of nitrogens with one attached hydrogen (secondary N) is 2. The summed E-state index contributed by atoms with van der Waals surface area (Å²) in [6.45, 7) is 4.39. The van der Waals surface area contributed by atoms with Crippen molar-refractivity contribution in [2.75, 3.05) is 11.9 Å². The second kappa shape index (κ2) is 10.7. The monoisotopic (exact) mass is 386 g/mol. The fourth-order valence-corrected chi connectivity index (χ4v) is 2.88. The van der Waals surface area contributed by atoms with Crippen LogP contribution in [0.1, 0.15) is 49.8 Å². The second-order valence-electron chi connectivity index (χ2n) is 7.23. The van der Waals surface area contributed by atoms with Gasteiger partial charge in [0.25, 0.3) is 0 Å². The van der Waals surface area contributed by atoms with Gasteiger partial charge in [-0.15, -0.1) is 0 Å².